The van der Waals surface area contributed by atoms with Gasteiger partial charge in [0.1, 0.15) is 0 Å². The van der Waals surface area contributed by atoms with Gasteiger partial charge in [-0.1, -0.05) is 32.0 Å². The highest BCUT2D eigenvalue weighted by Crippen LogP contribution is 2.22. The van der Waals surface area contributed by atoms with Crippen molar-refractivity contribution in [3.8, 4) is 0 Å². The van der Waals surface area contributed by atoms with Gasteiger partial charge in [-0.15, -0.1) is 0 Å². The maximum atomic E-state index is 6.04. The normalized spacial score (nSPS) is 18.3. The summed E-state index contributed by atoms with van der Waals surface area (Å²) in [5.41, 5.74) is 9.69. The highest BCUT2D eigenvalue weighted by atomic mass is 16.5. The van der Waals surface area contributed by atoms with Crippen molar-refractivity contribution in [2.24, 2.45) is 10.7 Å². The van der Waals surface area contributed by atoms with Gasteiger partial charge in [0, 0.05) is 25.4 Å². The molecule has 1 aromatic rings. The van der Waals surface area contributed by atoms with Crippen LogP contribution in [-0.4, -0.2) is 38.4 Å². The van der Waals surface area contributed by atoms with Crippen LogP contribution >= 0.6 is 0 Å². The van der Waals surface area contributed by atoms with Crippen molar-refractivity contribution in [3.05, 3.63) is 29.3 Å². The number of aryl methyl sites for hydroxylation is 2. The van der Waals surface area contributed by atoms with Crippen LogP contribution in [0.5, 0.6) is 0 Å². The van der Waals surface area contributed by atoms with Crippen molar-refractivity contribution in [1.29, 1.82) is 0 Å². The van der Waals surface area contributed by atoms with Crippen LogP contribution in [-0.2, 0) is 22.3 Å². The van der Waals surface area contributed by atoms with Crippen molar-refractivity contribution < 1.29 is 9.47 Å². The van der Waals surface area contributed by atoms with Crippen LogP contribution < -0.4 is 11.1 Å². The van der Waals surface area contributed by atoms with E-state index in [2.05, 4.69) is 42.4 Å². The zero-order valence-electron chi connectivity index (χ0n) is 14.3. The van der Waals surface area contributed by atoms with Crippen molar-refractivity contribution in [2.75, 3.05) is 31.7 Å². The Bertz CT molecular complexity index is 489. The zero-order valence-corrected chi connectivity index (χ0v) is 14.3. The monoisotopic (exact) mass is 319 g/mol. The molecule has 1 aliphatic heterocycles. The van der Waals surface area contributed by atoms with Gasteiger partial charge in [-0.3, -0.25) is 4.99 Å². The summed E-state index contributed by atoms with van der Waals surface area (Å²) in [6.45, 7) is 7.21. The molecule has 5 heteroatoms. The van der Waals surface area contributed by atoms with E-state index in [4.69, 9.17) is 15.2 Å². The first-order chi connectivity index (χ1) is 11.2. The predicted octanol–water partition coefficient (Wildman–Crippen LogP) is 2.73. The summed E-state index contributed by atoms with van der Waals surface area (Å²) < 4.78 is 11.0. The Morgan fingerprint density at radius 2 is 2.09 bits per heavy atom. The molecule has 1 fully saturated rings. The molecule has 3 N–H and O–H groups in total. The Hall–Kier alpha value is -1.59. The Morgan fingerprint density at radius 1 is 1.35 bits per heavy atom. The number of aliphatic imine (C=N–C) groups is 1. The zero-order chi connectivity index (χ0) is 16.5. The molecule has 2 rings (SSSR count). The lowest BCUT2D eigenvalue weighted by molar-refractivity contribution is 0.0424. The SMILES string of the molecule is CCc1cccc(CC)c1NC(N)=NCCCOC1CCOC1. The van der Waals surface area contributed by atoms with Crippen molar-refractivity contribution in [2.45, 2.75) is 45.6 Å². The van der Waals surface area contributed by atoms with Crippen LogP contribution in [0.4, 0.5) is 5.69 Å². The number of guanidine groups is 1. The lowest BCUT2D eigenvalue weighted by Crippen LogP contribution is -2.24. The number of anilines is 1. The number of rotatable bonds is 8. The number of ether oxygens (including phenoxy) is 2. The number of benzene rings is 1. The molecule has 1 atom stereocenters. The number of nitrogens with two attached hydrogens (primary N) is 1. The lowest BCUT2D eigenvalue weighted by Gasteiger charge is -2.15. The van der Waals surface area contributed by atoms with Crippen LogP contribution in [0.3, 0.4) is 0 Å². The van der Waals surface area contributed by atoms with Crippen LogP contribution in [0, 0.1) is 0 Å². The summed E-state index contributed by atoms with van der Waals surface area (Å²) in [6.07, 6.45) is 4.08. The largest absolute Gasteiger partial charge is 0.379 e. The number of nitrogens with zero attached hydrogens (tertiary/aromatic N) is 1. The van der Waals surface area contributed by atoms with E-state index >= 15 is 0 Å². The fourth-order valence-corrected chi connectivity index (χ4v) is 2.73. The van der Waals surface area contributed by atoms with Crippen LogP contribution in [0.15, 0.2) is 23.2 Å². The molecule has 1 aromatic carbocycles. The molecule has 0 bridgehead atoms. The molecule has 0 radical (unpaired) electrons. The van der Waals surface area contributed by atoms with Gasteiger partial charge in [-0.2, -0.15) is 0 Å². The number of nitrogens with one attached hydrogen (secondary N) is 1. The molecule has 128 valence electrons. The minimum absolute atomic E-state index is 0.262. The molecule has 0 aliphatic carbocycles. The molecular weight excluding hydrogens is 290 g/mol. The average Bonchev–Trinajstić information content (AvgIpc) is 3.08. The summed E-state index contributed by atoms with van der Waals surface area (Å²) in [5.74, 6) is 0.477. The minimum atomic E-state index is 0.262. The highest BCUT2D eigenvalue weighted by Gasteiger charge is 2.15. The molecule has 0 spiro atoms. The van der Waals surface area contributed by atoms with E-state index in [1.165, 1.54) is 11.1 Å². The van der Waals surface area contributed by atoms with E-state index in [1.807, 2.05) is 0 Å². The van der Waals surface area contributed by atoms with Crippen LogP contribution in [0.2, 0.25) is 0 Å². The summed E-state index contributed by atoms with van der Waals surface area (Å²) >= 11 is 0. The summed E-state index contributed by atoms with van der Waals surface area (Å²) in [6, 6.07) is 6.36. The van der Waals surface area contributed by atoms with Gasteiger partial charge in [-0.25, -0.2) is 0 Å². The summed E-state index contributed by atoms with van der Waals surface area (Å²) in [4.78, 5) is 4.41. The molecule has 0 amide bonds. The summed E-state index contributed by atoms with van der Waals surface area (Å²) in [7, 11) is 0. The third-order valence-electron chi connectivity index (χ3n) is 4.08. The minimum Gasteiger partial charge on any atom is -0.379 e. The van der Waals surface area contributed by atoms with Gasteiger partial charge in [0.2, 0.25) is 0 Å². The number of para-hydroxylation sites is 1. The molecule has 5 nitrogen and oxygen atoms in total. The van der Waals surface area contributed by atoms with Crippen LogP contribution in [0.1, 0.15) is 37.8 Å². The van der Waals surface area contributed by atoms with Gasteiger partial charge >= 0.3 is 0 Å². The van der Waals surface area contributed by atoms with Gasteiger partial charge in [0.15, 0.2) is 5.96 Å². The first-order valence-electron chi connectivity index (χ1n) is 8.61. The molecule has 1 unspecified atom stereocenters. The van der Waals surface area contributed by atoms with E-state index in [-0.39, 0.29) is 6.10 Å². The molecule has 1 aliphatic rings. The van der Waals surface area contributed by atoms with Crippen molar-refractivity contribution in [1.82, 2.24) is 0 Å². The second-order valence-corrected chi connectivity index (χ2v) is 5.76. The van der Waals surface area contributed by atoms with E-state index < -0.39 is 0 Å². The molecule has 0 aromatic heterocycles. The average molecular weight is 319 g/mol. The first kappa shape index (κ1) is 17.8. The lowest BCUT2D eigenvalue weighted by atomic mass is 10.0. The fraction of sp³-hybridized carbons (Fsp3) is 0.611. The van der Waals surface area contributed by atoms with E-state index in [1.54, 1.807) is 0 Å². The maximum absolute atomic E-state index is 6.04. The molecule has 1 heterocycles. The summed E-state index contributed by atoms with van der Waals surface area (Å²) in [5, 5.41) is 3.28. The van der Waals surface area contributed by atoms with E-state index in [0.29, 0.717) is 19.1 Å². The number of hydrogen-bond donors (Lipinski definition) is 2. The Morgan fingerprint density at radius 3 is 2.70 bits per heavy atom. The topological polar surface area (TPSA) is 68.9 Å². The molecular formula is C18H29N3O2. The smallest absolute Gasteiger partial charge is 0.193 e. The van der Waals surface area contributed by atoms with Gasteiger partial charge in [0.05, 0.1) is 12.7 Å². The Balaban J connectivity index is 1.80. The van der Waals surface area contributed by atoms with Gasteiger partial charge < -0.3 is 20.5 Å². The van der Waals surface area contributed by atoms with Crippen LogP contribution in [0.25, 0.3) is 0 Å². The second kappa shape index (κ2) is 9.53. The second-order valence-electron chi connectivity index (χ2n) is 5.76. The predicted molar refractivity (Wildman–Crippen MR) is 95.1 cm³/mol. The number of hydrogen-bond acceptors (Lipinski definition) is 3. The molecule has 0 saturated carbocycles. The maximum Gasteiger partial charge on any atom is 0.193 e. The third-order valence-corrected chi connectivity index (χ3v) is 4.08. The standard InChI is InChI=1S/C18H29N3O2/c1-3-14-7-5-8-15(4-2)17(14)21-18(19)20-10-6-11-23-16-9-12-22-13-16/h5,7-8,16H,3-4,6,9-13H2,1-2H3,(H3,19,20,21). The molecule has 23 heavy (non-hydrogen) atoms. The fourth-order valence-electron chi connectivity index (χ4n) is 2.73. The van der Waals surface area contributed by atoms with Crippen molar-refractivity contribution >= 4 is 11.6 Å². The van der Waals surface area contributed by atoms with Crippen molar-refractivity contribution in [3.63, 3.8) is 0 Å². The van der Waals surface area contributed by atoms with Gasteiger partial charge in [-0.05, 0) is 36.8 Å². The van der Waals surface area contributed by atoms with E-state index in [0.717, 1.165) is 44.6 Å². The first-order valence-corrected chi connectivity index (χ1v) is 8.61. The Labute approximate surface area is 139 Å². The Kier molecular flexibility index (Phi) is 7.36. The van der Waals surface area contributed by atoms with Gasteiger partial charge in [0.25, 0.3) is 0 Å². The molecule has 1 saturated heterocycles. The quantitative estimate of drug-likeness (QED) is 0.439. The highest BCUT2D eigenvalue weighted by molar-refractivity contribution is 5.93. The third kappa shape index (κ3) is 5.52. The van der Waals surface area contributed by atoms with E-state index in [9.17, 15) is 0 Å².